The van der Waals surface area contributed by atoms with E-state index >= 15 is 0 Å². The van der Waals surface area contributed by atoms with Crippen LogP contribution in [0.3, 0.4) is 0 Å². The minimum Gasteiger partial charge on any atom is -0.493 e. The Balaban J connectivity index is 1.63. The minimum atomic E-state index is 0.266. The van der Waals surface area contributed by atoms with E-state index in [2.05, 4.69) is 11.1 Å². The topological polar surface area (TPSA) is 51.3 Å². The van der Waals surface area contributed by atoms with Gasteiger partial charge in [-0.2, -0.15) is 0 Å². The molecule has 4 nitrogen and oxygen atoms in total. The first-order valence-electron chi connectivity index (χ1n) is 9.28. The second-order valence-corrected chi connectivity index (χ2v) is 7.12. The summed E-state index contributed by atoms with van der Waals surface area (Å²) in [6.45, 7) is 4.39. The fourth-order valence-electron chi connectivity index (χ4n) is 4.00. The molecule has 1 aromatic heterocycles. The van der Waals surface area contributed by atoms with Gasteiger partial charge in [0, 0.05) is 36.5 Å². The van der Waals surface area contributed by atoms with Crippen LogP contribution in [0.1, 0.15) is 47.3 Å². The maximum absolute atomic E-state index is 12.3. The molecule has 0 spiro atoms. The number of nitrogens with one attached hydrogen (secondary N) is 1. The fourth-order valence-corrected chi connectivity index (χ4v) is 4.00. The Kier molecular flexibility index (Phi) is 4.62. The molecule has 4 rings (SSSR count). The predicted octanol–water partition coefficient (Wildman–Crippen LogP) is 4.31. The molecular formula is C21H25NO3. The Morgan fingerprint density at radius 2 is 2.00 bits per heavy atom. The number of aromatic amines is 1. The van der Waals surface area contributed by atoms with Gasteiger partial charge in [-0.3, -0.25) is 4.79 Å². The van der Waals surface area contributed by atoms with Crippen molar-refractivity contribution < 1.29 is 14.3 Å². The average Bonchev–Trinajstić information content (AvgIpc) is 2.99. The summed E-state index contributed by atoms with van der Waals surface area (Å²) in [7, 11) is 0. The van der Waals surface area contributed by atoms with Crippen LogP contribution in [-0.4, -0.2) is 30.6 Å². The Morgan fingerprint density at radius 3 is 2.84 bits per heavy atom. The molecule has 4 heteroatoms. The smallest absolute Gasteiger partial charge is 0.164 e. The molecule has 2 aliphatic rings. The summed E-state index contributed by atoms with van der Waals surface area (Å²) in [5.74, 6) is 1.72. The predicted molar refractivity (Wildman–Crippen MR) is 97.3 cm³/mol. The zero-order chi connectivity index (χ0) is 17.2. The van der Waals surface area contributed by atoms with Crippen LogP contribution in [-0.2, 0) is 11.2 Å². The number of H-pyrrole nitrogens is 1. The van der Waals surface area contributed by atoms with Gasteiger partial charge in [0.25, 0.3) is 0 Å². The Morgan fingerprint density at radius 1 is 1.20 bits per heavy atom. The van der Waals surface area contributed by atoms with Crippen molar-refractivity contribution in [3.05, 3.63) is 41.1 Å². The number of Topliss-reactive ketones (excluding diaryl/α,β-unsaturated/α-hetero) is 1. The van der Waals surface area contributed by atoms with Crippen LogP contribution in [0.25, 0.3) is 11.3 Å². The molecule has 0 saturated carbocycles. The molecule has 132 valence electrons. The largest absolute Gasteiger partial charge is 0.493 e. The molecule has 0 amide bonds. The number of benzene rings is 1. The maximum atomic E-state index is 12.3. The van der Waals surface area contributed by atoms with Gasteiger partial charge in [0.1, 0.15) is 5.75 Å². The highest BCUT2D eigenvalue weighted by Crippen LogP contribution is 2.38. The SMILES string of the molecule is Cc1[nH]c(-c2ccccc2OCC2CCOCC2)c2c1C(=O)CCC2. The molecule has 1 N–H and O–H groups in total. The van der Waals surface area contributed by atoms with E-state index in [1.54, 1.807) is 0 Å². The molecule has 1 aliphatic carbocycles. The number of ether oxygens (including phenoxy) is 2. The fraction of sp³-hybridized carbons (Fsp3) is 0.476. The van der Waals surface area contributed by atoms with Crippen molar-refractivity contribution in [2.75, 3.05) is 19.8 Å². The van der Waals surface area contributed by atoms with Crippen molar-refractivity contribution in [2.24, 2.45) is 5.92 Å². The highest BCUT2D eigenvalue weighted by Gasteiger charge is 2.26. The van der Waals surface area contributed by atoms with E-state index in [9.17, 15) is 4.79 Å². The normalized spacial score (nSPS) is 18.2. The lowest BCUT2D eigenvalue weighted by Crippen LogP contribution is -2.21. The van der Waals surface area contributed by atoms with Crippen LogP contribution < -0.4 is 4.74 Å². The van der Waals surface area contributed by atoms with Gasteiger partial charge in [0.2, 0.25) is 0 Å². The van der Waals surface area contributed by atoms with Crippen molar-refractivity contribution in [3.8, 4) is 17.0 Å². The molecule has 0 atom stereocenters. The molecule has 2 heterocycles. The Hall–Kier alpha value is -2.07. The number of ketones is 1. The highest BCUT2D eigenvalue weighted by atomic mass is 16.5. The van der Waals surface area contributed by atoms with Crippen LogP contribution in [0.4, 0.5) is 0 Å². The van der Waals surface area contributed by atoms with Gasteiger partial charge in [-0.05, 0) is 56.2 Å². The van der Waals surface area contributed by atoms with E-state index in [4.69, 9.17) is 9.47 Å². The number of aromatic nitrogens is 1. The number of rotatable bonds is 4. The minimum absolute atomic E-state index is 0.266. The molecular weight excluding hydrogens is 314 g/mol. The standard InChI is InChI=1S/C21H25NO3/c1-14-20-17(6-4-7-18(20)23)21(22-14)16-5-2-3-8-19(16)25-13-15-9-11-24-12-10-15/h2-3,5,8,15,22H,4,6-7,9-13H2,1H3. The quantitative estimate of drug-likeness (QED) is 0.903. The van der Waals surface area contributed by atoms with Crippen molar-refractivity contribution in [2.45, 2.75) is 39.0 Å². The third-order valence-electron chi connectivity index (χ3n) is 5.37. The first-order chi connectivity index (χ1) is 12.2. The maximum Gasteiger partial charge on any atom is 0.164 e. The summed E-state index contributed by atoms with van der Waals surface area (Å²) < 4.78 is 11.6. The van der Waals surface area contributed by atoms with E-state index in [0.717, 1.165) is 79.3 Å². The lowest BCUT2D eigenvalue weighted by molar-refractivity contribution is 0.0498. The van der Waals surface area contributed by atoms with Gasteiger partial charge in [-0.1, -0.05) is 12.1 Å². The Bertz CT molecular complexity index is 771. The van der Waals surface area contributed by atoms with Crippen molar-refractivity contribution in [1.82, 2.24) is 4.98 Å². The van der Waals surface area contributed by atoms with Gasteiger partial charge in [0.15, 0.2) is 5.78 Å². The molecule has 1 fully saturated rings. The van der Waals surface area contributed by atoms with E-state index in [-0.39, 0.29) is 5.78 Å². The van der Waals surface area contributed by atoms with Crippen LogP contribution in [0.2, 0.25) is 0 Å². The van der Waals surface area contributed by atoms with Gasteiger partial charge < -0.3 is 14.5 Å². The van der Waals surface area contributed by atoms with E-state index in [1.807, 2.05) is 25.1 Å². The van der Waals surface area contributed by atoms with Crippen LogP contribution in [0.15, 0.2) is 24.3 Å². The molecule has 0 bridgehead atoms. The number of carbonyl (C=O) groups excluding carboxylic acids is 1. The summed E-state index contributed by atoms with van der Waals surface area (Å²) in [6, 6.07) is 8.16. The van der Waals surface area contributed by atoms with Crippen molar-refractivity contribution in [1.29, 1.82) is 0 Å². The number of hydrogen-bond donors (Lipinski definition) is 1. The average molecular weight is 339 g/mol. The van der Waals surface area contributed by atoms with E-state index in [1.165, 1.54) is 0 Å². The molecule has 2 aromatic rings. The lowest BCUT2D eigenvalue weighted by Gasteiger charge is -2.23. The molecule has 0 unspecified atom stereocenters. The number of carbonyl (C=O) groups is 1. The summed E-state index contributed by atoms with van der Waals surface area (Å²) >= 11 is 0. The molecule has 25 heavy (non-hydrogen) atoms. The molecule has 1 saturated heterocycles. The molecule has 0 radical (unpaired) electrons. The number of fused-ring (bicyclic) bond motifs is 1. The van der Waals surface area contributed by atoms with Crippen LogP contribution >= 0.6 is 0 Å². The van der Waals surface area contributed by atoms with Gasteiger partial charge >= 0.3 is 0 Å². The van der Waals surface area contributed by atoms with Gasteiger partial charge in [0.05, 0.1) is 12.3 Å². The third-order valence-corrected chi connectivity index (χ3v) is 5.37. The molecule has 1 aliphatic heterocycles. The van der Waals surface area contributed by atoms with Gasteiger partial charge in [-0.25, -0.2) is 0 Å². The highest BCUT2D eigenvalue weighted by molar-refractivity contribution is 6.01. The lowest BCUT2D eigenvalue weighted by atomic mass is 9.89. The zero-order valence-corrected chi connectivity index (χ0v) is 14.8. The first-order valence-corrected chi connectivity index (χ1v) is 9.28. The van der Waals surface area contributed by atoms with Crippen LogP contribution in [0, 0.1) is 12.8 Å². The molecule has 1 aromatic carbocycles. The third kappa shape index (κ3) is 3.23. The Labute approximate surface area is 148 Å². The first kappa shape index (κ1) is 16.4. The second kappa shape index (κ2) is 7.04. The van der Waals surface area contributed by atoms with Crippen LogP contribution in [0.5, 0.6) is 5.75 Å². The number of hydrogen-bond acceptors (Lipinski definition) is 3. The van der Waals surface area contributed by atoms with E-state index < -0.39 is 0 Å². The number of aryl methyl sites for hydroxylation is 1. The summed E-state index contributed by atoms with van der Waals surface area (Å²) in [5, 5.41) is 0. The monoisotopic (exact) mass is 339 g/mol. The van der Waals surface area contributed by atoms with Crippen molar-refractivity contribution in [3.63, 3.8) is 0 Å². The number of para-hydroxylation sites is 1. The van der Waals surface area contributed by atoms with E-state index in [0.29, 0.717) is 12.3 Å². The zero-order valence-electron chi connectivity index (χ0n) is 14.8. The van der Waals surface area contributed by atoms with Crippen molar-refractivity contribution >= 4 is 5.78 Å². The second-order valence-electron chi connectivity index (χ2n) is 7.12. The summed E-state index contributed by atoms with van der Waals surface area (Å²) in [6.07, 6.45) is 4.67. The summed E-state index contributed by atoms with van der Waals surface area (Å²) in [4.78, 5) is 15.8. The summed E-state index contributed by atoms with van der Waals surface area (Å²) in [5.41, 5.74) is 5.17. The van der Waals surface area contributed by atoms with Gasteiger partial charge in [-0.15, -0.1) is 0 Å².